The molecule has 1 atom stereocenters. The molecule has 0 spiro atoms. The Balaban J connectivity index is 2.13. The summed E-state index contributed by atoms with van der Waals surface area (Å²) in [6, 6.07) is 10.6. The first kappa shape index (κ1) is 13.5. The van der Waals surface area contributed by atoms with Crippen molar-refractivity contribution in [2.75, 3.05) is 19.6 Å². The number of rotatable bonds is 3. The molecule has 0 bridgehead atoms. The number of pyridine rings is 1. The molecule has 2 N–H and O–H groups in total. The molecule has 1 aliphatic rings. The lowest BCUT2D eigenvalue weighted by molar-refractivity contribution is 0.402. The first-order valence-corrected chi connectivity index (χ1v) is 8.81. The summed E-state index contributed by atoms with van der Waals surface area (Å²) in [7, 11) is -0.224. The van der Waals surface area contributed by atoms with Crippen LogP contribution >= 0.6 is 7.92 Å². The maximum atomic E-state index is 5.89. The predicted molar refractivity (Wildman–Crippen MR) is 85.1 cm³/mol. The minimum Gasteiger partial charge on any atom is -0.486 e. The molecule has 0 aliphatic carbocycles. The van der Waals surface area contributed by atoms with E-state index in [2.05, 4.69) is 43.9 Å². The Morgan fingerprint density at radius 1 is 1.30 bits per heavy atom. The third kappa shape index (κ3) is 2.44. The number of nitrogens with two attached hydrogens (primary N) is 1. The zero-order valence-electron chi connectivity index (χ0n) is 11.9. The standard InChI is InChI=1S/C16H19N2OP/c1-11-3-5-12(6-4-11)15-16-14(20(2)10-19-16)9-13(18-15)7-8-17/h3-6,9H,7-8,10,17H2,1-2H3. The smallest absolute Gasteiger partial charge is 0.153 e. The van der Waals surface area contributed by atoms with E-state index >= 15 is 0 Å². The number of aromatic nitrogens is 1. The normalized spacial score (nSPS) is 16.9. The molecule has 1 aromatic heterocycles. The molecule has 1 aliphatic heterocycles. The van der Waals surface area contributed by atoms with Crippen LogP contribution in [-0.2, 0) is 6.42 Å². The van der Waals surface area contributed by atoms with Crippen LogP contribution in [0.2, 0.25) is 0 Å². The van der Waals surface area contributed by atoms with Gasteiger partial charge in [-0.1, -0.05) is 29.8 Å². The van der Waals surface area contributed by atoms with Gasteiger partial charge >= 0.3 is 0 Å². The second-order valence-corrected chi connectivity index (χ2v) is 7.32. The highest BCUT2D eigenvalue weighted by atomic mass is 31.1. The molecule has 0 amide bonds. The Kier molecular flexibility index (Phi) is 3.73. The quantitative estimate of drug-likeness (QED) is 0.882. The van der Waals surface area contributed by atoms with E-state index in [4.69, 9.17) is 15.5 Å². The van der Waals surface area contributed by atoms with Gasteiger partial charge in [0.25, 0.3) is 0 Å². The van der Waals surface area contributed by atoms with Gasteiger partial charge in [0.05, 0.1) is 0 Å². The molecule has 1 unspecified atom stereocenters. The van der Waals surface area contributed by atoms with Gasteiger partial charge in [0.1, 0.15) is 12.0 Å². The lowest BCUT2D eigenvalue weighted by Crippen LogP contribution is -2.09. The average molecular weight is 286 g/mol. The number of hydrogen-bond acceptors (Lipinski definition) is 3. The van der Waals surface area contributed by atoms with Gasteiger partial charge in [-0.05, 0) is 34.1 Å². The van der Waals surface area contributed by atoms with Gasteiger partial charge in [-0.25, -0.2) is 4.98 Å². The first-order chi connectivity index (χ1) is 9.69. The number of benzene rings is 1. The van der Waals surface area contributed by atoms with Crippen molar-refractivity contribution in [2.24, 2.45) is 5.73 Å². The van der Waals surface area contributed by atoms with Crippen molar-refractivity contribution in [3.05, 3.63) is 41.6 Å². The number of aryl methyl sites for hydroxylation is 1. The van der Waals surface area contributed by atoms with Crippen LogP contribution in [0.15, 0.2) is 30.3 Å². The summed E-state index contributed by atoms with van der Waals surface area (Å²) in [5.41, 5.74) is 10.1. The first-order valence-electron chi connectivity index (χ1n) is 6.84. The molecular formula is C16H19N2OP. The largest absolute Gasteiger partial charge is 0.486 e. The summed E-state index contributed by atoms with van der Waals surface area (Å²) in [4.78, 5) is 4.77. The van der Waals surface area contributed by atoms with Crippen LogP contribution in [0.5, 0.6) is 5.75 Å². The van der Waals surface area contributed by atoms with Crippen molar-refractivity contribution in [3.8, 4) is 17.0 Å². The van der Waals surface area contributed by atoms with Crippen molar-refractivity contribution < 1.29 is 4.74 Å². The van der Waals surface area contributed by atoms with Gasteiger partial charge in [0.15, 0.2) is 5.75 Å². The van der Waals surface area contributed by atoms with Crippen molar-refractivity contribution in [1.29, 1.82) is 0 Å². The fourth-order valence-corrected chi connectivity index (χ4v) is 3.76. The Labute approximate surface area is 120 Å². The molecule has 3 rings (SSSR count). The van der Waals surface area contributed by atoms with E-state index in [1.165, 1.54) is 10.9 Å². The molecule has 3 nitrogen and oxygen atoms in total. The highest BCUT2D eigenvalue weighted by Gasteiger charge is 2.25. The maximum absolute atomic E-state index is 5.89. The van der Waals surface area contributed by atoms with E-state index in [-0.39, 0.29) is 7.92 Å². The Hall–Kier alpha value is -1.44. The topological polar surface area (TPSA) is 48.1 Å². The fourth-order valence-electron chi connectivity index (χ4n) is 2.41. The number of fused-ring (bicyclic) bond motifs is 1. The molecule has 104 valence electrons. The highest BCUT2D eigenvalue weighted by molar-refractivity contribution is 7.65. The van der Waals surface area contributed by atoms with Crippen LogP contribution < -0.4 is 15.8 Å². The molecule has 0 saturated heterocycles. The molecule has 20 heavy (non-hydrogen) atoms. The van der Waals surface area contributed by atoms with E-state index in [1.54, 1.807) is 0 Å². The van der Waals surface area contributed by atoms with Gasteiger partial charge in [-0.15, -0.1) is 0 Å². The Morgan fingerprint density at radius 2 is 2.05 bits per heavy atom. The lowest BCUT2D eigenvalue weighted by Gasteiger charge is -2.11. The van der Waals surface area contributed by atoms with Gasteiger partial charge in [-0.3, -0.25) is 0 Å². The maximum Gasteiger partial charge on any atom is 0.153 e. The Morgan fingerprint density at radius 3 is 2.75 bits per heavy atom. The molecule has 0 saturated carbocycles. The molecule has 0 fully saturated rings. The van der Waals surface area contributed by atoms with Crippen LogP contribution in [0.3, 0.4) is 0 Å². The minimum atomic E-state index is -0.224. The second kappa shape index (κ2) is 5.51. The fraction of sp³-hybridized carbons (Fsp3) is 0.312. The molecular weight excluding hydrogens is 267 g/mol. The van der Waals surface area contributed by atoms with Crippen molar-refractivity contribution in [2.45, 2.75) is 13.3 Å². The van der Waals surface area contributed by atoms with Gasteiger partial charge in [-0.2, -0.15) is 0 Å². The lowest BCUT2D eigenvalue weighted by atomic mass is 10.1. The van der Waals surface area contributed by atoms with Crippen LogP contribution in [0, 0.1) is 6.92 Å². The van der Waals surface area contributed by atoms with E-state index in [0.29, 0.717) is 6.54 Å². The van der Waals surface area contributed by atoms with Gasteiger partial charge < -0.3 is 10.5 Å². The van der Waals surface area contributed by atoms with Crippen LogP contribution in [0.25, 0.3) is 11.3 Å². The number of hydrogen-bond donors (Lipinski definition) is 1. The van der Waals surface area contributed by atoms with Crippen LogP contribution in [0.1, 0.15) is 11.3 Å². The summed E-state index contributed by atoms with van der Waals surface area (Å²) < 4.78 is 5.89. The molecule has 2 heterocycles. The molecule has 0 radical (unpaired) electrons. The molecule has 2 aromatic rings. The minimum absolute atomic E-state index is 0.224. The van der Waals surface area contributed by atoms with E-state index in [0.717, 1.165) is 35.5 Å². The number of ether oxygens (including phenoxy) is 1. The van der Waals surface area contributed by atoms with E-state index in [9.17, 15) is 0 Å². The van der Waals surface area contributed by atoms with Gasteiger partial charge in [0.2, 0.25) is 0 Å². The SMILES string of the molecule is Cc1ccc(-c2nc(CCN)cc3c2OCP3C)cc1. The van der Waals surface area contributed by atoms with Crippen molar-refractivity contribution >= 4 is 13.2 Å². The highest BCUT2D eigenvalue weighted by Crippen LogP contribution is 2.44. The summed E-state index contributed by atoms with van der Waals surface area (Å²) in [5.74, 6) is 0.975. The monoisotopic (exact) mass is 286 g/mol. The third-order valence-electron chi connectivity index (χ3n) is 3.55. The van der Waals surface area contributed by atoms with Crippen molar-refractivity contribution in [1.82, 2.24) is 4.98 Å². The summed E-state index contributed by atoms with van der Waals surface area (Å²) in [6.07, 6.45) is 1.62. The summed E-state index contributed by atoms with van der Waals surface area (Å²) >= 11 is 0. The predicted octanol–water partition coefficient (Wildman–Crippen LogP) is 2.65. The average Bonchev–Trinajstić information content (AvgIpc) is 2.81. The third-order valence-corrected chi connectivity index (χ3v) is 5.22. The second-order valence-electron chi connectivity index (χ2n) is 5.19. The van der Waals surface area contributed by atoms with Gasteiger partial charge in [0, 0.05) is 23.0 Å². The van der Waals surface area contributed by atoms with E-state index < -0.39 is 0 Å². The summed E-state index contributed by atoms with van der Waals surface area (Å²) in [5, 5.41) is 1.33. The zero-order chi connectivity index (χ0) is 14.1. The Bertz CT molecular complexity index is 625. The zero-order valence-corrected chi connectivity index (χ0v) is 12.8. The number of nitrogens with zero attached hydrogens (tertiary/aromatic N) is 1. The van der Waals surface area contributed by atoms with E-state index in [1.807, 2.05) is 0 Å². The van der Waals surface area contributed by atoms with Crippen molar-refractivity contribution in [3.63, 3.8) is 0 Å². The van der Waals surface area contributed by atoms with Crippen LogP contribution in [-0.4, -0.2) is 24.5 Å². The molecule has 1 aromatic carbocycles. The van der Waals surface area contributed by atoms with Crippen LogP contribution in [0.4, 0.5) is 0 Å². The molecule has 4 heteroatoms. The summed E-state index contributed by atoms with van der Waals surface area (Å²) in [6.45, 7) is 4.97.